The van der Waals surface area contributed by atoms with Gasteiger partial charge < -0.3 is 9.88 Å². The minimum absolute atomic E-state index is 0.204. The summed E-state index contributed by atoms with van der Waals surface area (Å²) in [5, 5.41) is 11.8. The molecule has 0 aliphatic carbocycles. The second kappa shape index (κ2) is 8.14. The average molecular weight is 413 g/mol. The number of aryl methyl sites for hydroxylation is 2. The zero-order chi connectivity index (χ0) is 21.2. The lowest BCUT2D eigenvalue weighted by atomic mass is 10.1. The van der Waals surface area contributed by atoms with Gasteiger partial charge in [-0.25, -0.2) is 9.97 Å². The topological polar surface area (TPSA) is 90.5 Å². The van der Waals surface area contributed by atoms with Crippen molar-refractivity contribution < 1.29 is 4.79 Å². The molecule has 5 rings (SSSR count). The first-order valence-corrected chi connectivity index (χ1v) is 10.5. The number of aromatic nitrogens is 6. The molecule has 8 heteroatoms. The molecule has 8 nitrogen and oxygen atoms in total. The number of anilines is 1. The van der Waals surface area contributed by atoms with E-state index in [1.54, 1.807) is 35.4 Å². The Morgan fingerprint density at radius 3 is 2.84 bits per heavy atom. The largest absolute Gasteiger partial charge is 0.322 e. The zero-order valence-electron chi connectivity index (χ0n) is 17.3. The summed E-state index contributed by atoms with van der Waals surface area (Å²) < 4.78 is 4.00. The SMILES string of the molecule is Cc1ccc(-c2nnc3n2CCCCC3)cc1NC(=O)c1ccc(-n2ccnc2)nc1. The number of carbonyl (C=O) groups excluding carboxylic acids is 1. The fourth-order valence-corrected chi connectivity index (χ4v) is 3.86. The average Bonchev–Trinajstić information content (AvgIpc) is 3.41. The Morgan fingerprint density at radius 1 is 1.10 bits per heavy atom. The number of benzene rings is 1. The lowest BCUT2D eigenvalue weighted by Crippen LogP contribution is -2.13. The van der Waals surface area contributed by atoms with Crippen LogP contribution >= 0.6 is 0 Å². The molecule has 1 amide bonds. The molecule has 3 aromatic heterocycles. The lowest BCUT2D eigenvalue weighted by Gasteiger charge is -2.12. The number of amides is 1. The molecule has 4 heterocycles. The summed E-state index contributed by atoms with van der Waals surface area (Å²) in [6.45, 7) is 2.91. The van der Waals surface area contributed by atoms with Crippen LogP contribution < -0.4 is 5.32 Å². The van der Waals surface area contributed by atoms with E-state index in [0.717, 1.165) is 54.3 Å². The maximum atomic E-state index is 12.8. The summed E-state index contributed by atoms with van der Waals surface area (Å²) in [5.74, 6) is 2.41. The number of imidazole rings is 1. The Bertz CT molecular complexity index is 1210. The molecule has 156 valence electrons. The standard InChI is InChI=1S/C23H23N7O/c1-16-6-7-17(22-28-27-21-5-3-2-4-11-30(21)22)13-19(16)26-23(31)18-8-9-20(25-14-18)29-12-10-24-15-29/h6-10,12-15H,2-5,11H2,1H3,(H,26,31). The van der Waals surface area contributed by atoms with Gasteiger partial charge in [0, 0.05) is 42.8 Å². The molecule has 1 aliphatic rings. The van der Waals surface area contributed by atoms with Gasteiger partial charge in [-0.2, -0.15) is 0 Å². The van der Waals surface area contributed by atoms with E-state index in [1.165, 1.54) is 6.42 Å². The fraction of sp³-hybridized carbons (Fsp3) is 0.261. The minimum Gasteiger partial charge on any atom is -0.322 e. The van der Waals surface area contributed by atoms with E-state index in [1.807, 2.05) is 31.3 Å². The third kappa shape index (κ3) is 3.84. The van der Waals surface area contributed by atoms with Gasteiger partial charge in [-0.1, -0.05) is 18.6 Å². The van der Waals surface area contributed by atoms with E-state index >= 15 is 0 Å². The van der Waals surface area contributed by atoms with E-state index in [4.69, 9.17) is 0 Å². The molecule has 1 aromatic carbocycles. The van der Waals surface area contributed by atoms with Gasteiger partial charge in [-0.05, 0) is 43.5 Å². The van der Waals surface area contributed by atoms with Gasteiger partial charge in [0.15, 0.2) is 5.82 Å². The summed E-state index contributed by atoms with van der Waals surface area (Å²) in [5.41, 5.74) is 3.18. The number of hydrogen-bond acceptors (Lipinski definition) is 5. The summed E-state index contributed by atoms with van der Waals surface area (Å²) in [7, 11) is 0. The quantitative estimate of drug-likeness (QED) is 0.549. The molecule has 0 atom stereocenters. The smallest absolute Gasteiger partial charge is 0.257 e. The summed E-state index contributed by atoms with van der Waals surface area (Å²) in [6.07, 6.45) is 11.2. The van der Waals surface area contributed by atoms with E-state index in [0.29, 0.717) is 11.4 Å². The molecule has 0 saturated carbocycles. The number of pyridine rings is 1. The molecular formula is C23H23N7O. The van der Waals surface area contributed by atoms with Gasteiger partial charge in [-0.3, -0.25) is 9.36 Å². The number of nitrogens with one attached hydrogen (secondary N) is 1. The highest BCUT2D eigenvalue weighted by Crippen LogP contribution is 2.27. The minimum atomic E-state index is -0.204. The Morgan fingerprint density at radius 2 is 2.03 bits per heavy atom. The summed E-state index contributed by atoms with van der Waals surface area (Å²) in [6, 6.07) is 9.57. The molecule has 0 radical (unpaired) electrons. The number of nitrogens with zero attached hydrogens (tertiary/aromatic N) is 6. The molecule has 0 saturated heterocycles. The number of hydrogen-bond donors (Lipinski definition) is 1. The van der Waals surface area contributed by atoms with Crippen LogP contribution in [0.2, 0.25) is 0 Å². The second-order valence-electron chi connectivity index (χ2n) is 7.76. The maximum absolute atomic E-state index is 12.8. The first-order valence-electron chi connectivity index (χ1n) is 10.5. The van der Waals surface area contributed by atoms with Crippen molar-refractivity contribution in [2.24, 2.45) is 0 Å². The van der Waals surface area contributed by atoms with Gasteiger partial charge in [0.05, 0.1) is 5.56 Å². The van der Waals surface area contributed by atoms with Crippen LogP contribution in [0, 0.1) is 6.92 Å². The molecular weight excluding hydrogens is 390 g/mol. The van der Waals surface area contributed by atoms with Crippen molar-refractivity contribution in [3.05, 3.63) is 72.2 Å². The summed E-state index contributed by atoms with van der Waals surface area (Å²) in [4.78, 5) is 21.2. The molecule has 1 N–H and O–H groups in total. The van der Waals surface area contributed by atoms with Crippen LogP contribution in [0.5, 0.6) is 0 Å². The molecule has 0 fully saturated rings. The molecule has 1 aliphatic heterocycles. The Labute approximate surface area is 180 Å². The number of carbonyl (C=O) groups is 1. The third-order valence-corrected chi connectivity index (χ3v) is 5.63. The number of rotatable bonds is 4. The van der Waals surface area contributed by atoms with Crippen molar-refractivity contribution in [2.75, 3.05) is 5.32 Å². The first kappa shape index (κ1) is 19.2. The van der Waals surface area contributed by atoms with Crippen molar-refractivity contribution in [1.82, 2.24) is 29.3 Å². The van der Waals surface area contributed by atoms with Crippen molar-refractivity contribution in [3.8, 4) is 17.2 Å². The lowest BCUT2D eigenvalue weighted by molar-refractivity contribution is 0.102. The molecule has 0 bridgehead atoms. The van der Waals surface area contributed by atoms with Gasteiger partial charge in [0.25, 0.3) is 5.91 Å². The highest BCUT2D eigenvalue weighted by molar-refractivity contribution is 6.04. The van der Waals surface area contributed by atoms with Crippen LogP contribution in [0.15, 0.2) is 55.2 Å². The third-order valence-electron chi connectivity index (χ3n) is 5.63. The predicted octanol–water partition coefficient (Wildman–Crippen LogP) is 3.81. The normalized spacial score (nSPS) is 13.5. The maximum Gasteiger partial charge on any atom is 0.257 e. The van der Waals surface area contributed by atoms with Crippen LogP contribution in [-0.4, -0.2) is 35.2 Å². The van der Waals surface area contributed by atoms with E-state index in [9.17, 15) is 4.79 Å². The Kier molecular flexibility index (Phi) is 5.03. The van der Waals surface area contributed by atoms with Gasteiger partial charge in [-0.15, -0.1) is 10.2 Å². The number of fused-ring (bicyclic) bond motifs is 1. The first-order chi connectivity index (χ1) is 15.2. The van der Waals surface area contributed by atoms with Crippen LogP contribution in [0.3, 0.4) is 0 Å². The van der Waals surface area contributed by atoms with Crippen molar-refractivity contribution in [3.63, 3.8) is 0 Å². The van der Waals surface area contributed by atoms with Crippen molar-refractivity contribution in [2.45, 2.75) is 39.2 Å². The van der Waals surface area contributed by atoms with Crippen molar-refractivity contribution in [1.29, 1.82) is 0 Å². The monoisotopic (exact) mass is 413 g/mol. The van der Waals surface area contributed by atoms with Crippen LogP contribution in [0.25, 0.3) is 17.2 Å². The van der Waals surface area contributed by atoms with Gasteiger partial charge in [0.1, 0.15) is 18.0 Å². The molecule has 31 heavy (non-hydrogen) atoms. The predicted molar refractivity (Wildman–Crippen MR) is 117 cm³/mol. The van der Waals surface area contributed by atoms with Crippen LogP contribution in [-0.2, 0) is 13.0 Å². The highest BCUT2D eigenvalue weighted by Gasteiger charge is 2.17. The molecule has 0 unspecified atom stereocenters. The van der Waals surface area contributed by atoms with E-state index in [2.05, 4.69) is 30.0 Å². The van der Waals surface area contributed by atoms with Crippen molar-refractivity contribution >= 4 is 11.6 Å². The molecule has 4 aromatic rings. The van der Waals surface area contributed by atoms with E-state index in [-0.39, 0.29) is 5.91 Å². The van der Waals surface area contributed by atoms with Crippen LogP contribution in [0.1, 0.15) is 41.0 Å². The second-order valence-corrected chi connectivity index (χ2v) is 7.76. The van der Waals surface area contributed by atoms with E-state index < -0.39 is 0 Å². The van der Waals surface area contributed by atoms with Crippen LogP contribution in [0.4, 0.5) is 5.69 Å². The highest BCUT2D eigenvalue weighted by atomic mass is 16.1. The van der Waals surface area contributed by atoms with Gasteiger partial charge in [0.2, 0.25) is 0 Å². The Balaban J connectivity index is 1.39. The fourth-order valence-electron chi connectivity index (χ4n) is 3.86. The van der Waals surface area contributed by atoms with Gasteiger partial charge >= 0.3 is 0 Å². The molecule has 0 spiro atoms. The summed E-state index contributed by atoms with van der Waals surface area (Å²) >= 11 is 0. The Hall–Kier alpha value is -3.81. The zero-order valence-corrected chi connectivity index (χ0v) is 17.3.